The van der Waals surface area contributed by atoms with Crippen molar-refractivity contribution in [2.75, 3.05) is 11.0 Å². The third kappa shape index (κ3) is 5.46. The van der Waals surface area contributed by atoms with Crippen LogP contribution in [0.15, 0.2) is 10.9 Å². The van der Waals surface area contributed by atoms with Crippen molar-refractivity contribution in [1.29, 1.82) is 0 Å². The molecule has 0 bridgehead atoms. The lowest BCUT2D eigenvalue weighted by atomic mass is 10.2. The molecule has 0 unspecified atom stereocenters. The first kappa shape index (κ1) is 12.9. The molecule has 1 amide bonds. The summed E-state index contributed by atoms with van der Waals surface area (Å²) in [5.41, 5.74) is 2.21. The van der Waals surface area contributed by atoms with E-state index in [0.29, 0.717) is 5.69 Å². The largest absolute Gasteiger partial charge is 0.351 e. The summed E-state index contributed by atoms with van der Waals surface area (Å²) in [6.07, 6.45) is 4.79. The van der Waals surface area contributed by atoms with Crippen LogP contribution in [0.25, 0.3) is 0 Å². The number of alkyl halides is 1. The van der Waals surface area contributed by atoms with Crippen molar-refractivity contribution in [1.82, 2.24) is 10.3 Å². The molecule has 1 N–H and O–H groups in total. The van der Waals surface area contributed by atoms with Crippen molar-refractivity contribution in [3.8, 4) is 0 Å². The van der Waals surface area contributed by atoms with Gasteiger partial charge in [0.25, 0.3) is 5.91 Å². The molecule has 0 fully saturated rings. The Balaban J connectivity index is 2.03. The van der Waals surface area contributed by atoms with Crippen LogP contribution in [0.3, 0.4) is 0 Å². The number of nitrogens with zero attached hydrogens (tertiary/aromatic N) is 1. The molecule has 0 aliphatic carbocycles. The maximum atomic E-state index is 11.4. The second kappa shape index (κ2) is 8.04. The number of nitrogens with one attached hydrogen (secondary N) is 1. The first-order chi connectivity index (χ1) is 7.34. The minimum Gasteiger partial charge on any atom is -0.351 e. The summed E-state index contributed by atoms with van der Waals surface area (Å²) < 4.78 is 1.23. The summed E-state index contributed by atoms with van der Waals surface area (Å²) in [5, 5.41) is 4.63. The minimum atomic E-state index is -0.0508. The fourth-order valence-electron chi connectivity index (χ4n) is 1.19. The van der Waals surface area contributed by atoms with Crippen LogP contribution >= 0.6 is 33.9 Å². The minimum absolute atomic E-state index is 0.0508. The monoisotopic (exact) mass is 338 g/mol. The molecule has 1 rings (SSSR count). The van der Waals surface area contributed by atoms with E-state index in [1.807, 2.05) is 0 Å². The Morgan fingerprint density at radius 1 is 1.40 bits per heavy atom. The van der Waals surface area contributed by atoms with Gasteiger partial charge < -0.3 is 5.32 Å². The summed E-state index contributed by atoms with van der Waals surface area (Å²) >= 11 is 3.83. The molecule has 0 aromatic carbocycles. The van der Waals surface area contributed by atoms with Gasteiger partial charge in [-0.1, -0.05) is 35.4 Å². The highest BCUT2D eigenvalue weighted by molar-refractivity contribution is 14.1. The molecule has 0 aliphatic heterocycles. The second-order valence-corrected chi connectivity index (χ2v) is 5.03. The second-order valence-electron chi connectivity index (χ2n) is 3.23. The van der Waals surface area contributed by atoms with Crippen LogP contribution in [0.2, 0.25) is 0 Å². The lowest BCUT2D eigenvalue weighted by Gasteiger charge is -2.02. The predicted octanol–water partition coefficient (Wildman–Crippen LogP) is 2.87. The lowest BCUT2D eigenvalue weighted by Crippen LogP contribution is -2.24. The first-order valence-corrected chi connectivity index (χ1v) is 7.54. The SMILES string of the molecule is O=C(NCCCCCCI)c1cscn1. The van der Waals surface area contributed by atoms with Crippen molar-refractivity contribution >= 4 is 39.8 Å². The maximum absolute atomic E-state index is 11.4. The molecule has 1 heterocycles. The average Bonchev–Trinajstić information content (AvgIpc) is 2.76. The van der Waals surface area contributed by atoms with Crippen LogP contribution in [0, 0.1) is 0 Å². The summed E-state index contributed by atoms with van der Waals surface area (Å²) in [7, 11) is 0. The standard InChI is InChI=1S/C10H15IN2OS/c11-5-3-1-2-4-6-12-10(14)9-7-15-8-13-9/h7-8H,1-6H2,(H,12,14). The summed E-state index contributed by atoms with van der Waals surface area (Å²) in [5.74, 6) is -0.0508. The smallest absolute Gasteiger partial charge is 0.270 e. The summed E-state index contributed by atoms with van der Waals surface area (Å²) in [4.78, 5) is 15.4. The zero-order valence-electron chi connectivity index (χ0n) is 8.54. The van der Waals surface area contributed by atoms with Gasteiger partial charge in [0.15, 0.2) is 0 Å². The van der Waals surface area contributed by atoms with E-state index >= 15 is 0 Å². The molecule has 1 aromatic rings. The van der Waals surface area contributed by atoms with Crippen LogP contribution < -0.4 is 5.32 Å². The molecule has 0 aliphatic rings. The Bertz CT molecular complexity index is 277. The van der Waals surface area contributed by atoms with Crippen LogP contribution in [0.5, 0.6) is 0 Å². The molecular formula is C10H15IN2OS. The van der Waals surface area contributed by atoms with Crippen LogP contribution in [-0.4, -0.2) is 21.9 Å². The fourth-order valence-corrected chi connectivity index (χ4v) is 2.26. The topological polar surface area (TPSA) is 42.0 Å². The third-order valence-corrected chi connectivity index (χ3v) is 3.36. The molecule has 0 spiro atoms. The van der Waals surface area contributed by atoms with E-state index in [1.54, 1.807) is 10.9 Å². The van der Waals surface area contributed by atoms with Crippen molar-refractivity contribution in [3.05, 3.63) is 16.6 Å². The molecule has 0 saturated heterocycles. The molecule has 1 aromatic heterocycles. The Morgan fingerprint density at radius 3 is 2.87 bits per heavy atom. The maximum Gasteiger partial charge on any atom is 0.270 e. The summed E-state index contributed by atoms with van der Waals surface area (Å²) in [6, 6.07) is 0. The van der Waals surface area contributed by atoms with Crippen molar-refractivity contribution < 1.29 is 4.79 Å². The molecule has 5 heteroatoms. The molecule has 15 heavy (non-hydrogen) atoms. The number of unbranched alkanes of at least 4 members (excludes halogenated alkanes) is 3. The van der Waals surface area contributed by atoms with Crippen molar-refractivity contribution in [2.24, 2.45) is 0 Å². The van der Waals surface area contributed by atoms with Gasteiger partial charge in [-0.05, 0) is 17.3 Å². The van der Waals surface area contributed by atoms with Crippen LogP contribution in [0.4, 0.5) is 0 Å². The summed E-state index contributed by atoms with van der Waals surface area (Å²) in [6.45, 7) is 0.762. The quantitative estimate of drug-likeness (QED) is 0.472. The van der Waals surface area contributed by atoms with Gasteiger partial charge in [-0.3, -0.25) is 4.79 Å². The molecule has 0 atom stereocenters. The van der Waals surface area contributed by atoms with Gasteiger partial charge >= 0.3 is 0 Å². The first-order valence-electron chi connectivity index (χ1n) is 5.07. The number of carbonyl (C=O) groups is 1. The number of hydrogen-bond donors (Lipinski definition) is 1. The van der Waals surface area contributed by atoms with E-state index in [9.17, 15) is 4.79 Å². The highest BCUT2D eigenvalue weighted by atomic mass is 127. The Kier molecular flexibility index (Phi) is 6.91. The third-order valence-electron chi connectivity index (χ3n) is 2.01. The van der Waals surface area contributed by atoms with Crippen LogP contribution in [0.1, 0.15) is 36.2 Å². The van der Waals surface area contributed by atoms with Gasteiger partial charge in [0.2, 0.25) is 0 Å². The number of rotatable bonds is 7. The number of amides is 1. The van der Waals surface area contributed by atoms with Gasteiger partial charge in [0.05, 0.1) is 5.51 Å². The molecule has 3 nitrogen and oxygen atoms in total. The lowest BCUT2D eigenvalue weighted by molar-refractivity contribution is 0.0948. The highest BCUT2D eigenvalue weighted by Crippen LogP contribution is 2.02. The molecular weight excluding hydrogens is 323 g/mol. The van der Waals surface area contributed by atoms with E-state index in [1.165, 1.54) is 35.0 Å². The average molecular weight is 338 g/mol. The number of aromatic nitrogens is 1. The molecule has 0 radical (unpaired) electrons. The van der Waals surface area contributed by atoms with E-state index in [4.69, 9.17) is 0 Å². The normalized spacial score (nSPS) is 10.2. The van der Waals surface area contributed by atoms with Crippen LogP contribution in [-0.2, 0) is 0 Å². The predicted molar refractivity (Wildman–Crippen MR) is 71.8 cm³/mol. The zero-order valence-corrected chi connectivity index (χ0v) is 11.5. The number of hydrogen-bond acceptors (Lipinski definition) is 3. The Hall–Kier alpha value is -0.170. The van der Waals surface area contributed by atoms with Gasteiger partial charge in [-0.25, -0.2) is 4.98 Å². The van der Waals surface area contributed by atoms with Crippen molar-refractivity contribution in [2.45, 2.75) is 25.7 Å². The highest BCUT2D eigenvalue weighted by Gasteiger charge is 2.05. The van der Waals surface area contributed by atoms with Gasteiger partial charge in [0.1, 0.15) is 5.69 Å². The van der Waals surface area contributed by atoms with Gasteiger partial charge in [-0.15, -0.1) is 11.3 Å². The van der Waals surface area contributed by atoms with Gasteiger partial charge in [0, 0.05) is 11.9 Å². The van der Waals surface area contributed by atoms with E-state index in [-0.39, 0.29) is 5.91 Å². The Labute approximate surface area is 108 Å². The molecule has 0 saturated carbocycles. The van der Waals surface area contributed by atoms with E-state index < -0.39 is 0 Å². The zero-order chi connectivity index (χ0) is 10.9. The number of thiazole rings is 1. The van der Waals surface area contributed by atoms with E-state index in [0.717, 1.165) is 13.0 Å². The fraction of sp³-hybridized carbons (Fsp3) is 0.600. The van der Waals surface area contributed by atoms with Gasteiger partial charge in [-0.2, -0.15) is 0 Å². The number of halogens is 1. The Morgan fingerprint density at radius 2 is 2.20 bits per heavy atom. The molecule has 84 valence electrons. The van der Waals surface area contributed by atoms with E-state index in [2.05, 4.69) is 32.9 Å². The number of carbonyl (C=O) groups excluding carboxylic acids is 1. The van der Waals surface area contributed by atoms with Crippen molar-refractivity contribution in [3.63, 3.8) is 0 Å².